The summed E-state index contributed by atoms with van der Waals surface area (Å²) in [7, 11) is 4.82. The van der Waals surface area contributed by atoms with Crippen LogP contribution in [0.2, 0.25) is 0 Å². The van der Waals surface area contributed by atoms with Gasteiger partial charge in [0.05, 0.1) is 26.8 Å². The molecule has 0 spiro atoms. The average molecular weight is 390 g/mol. The van der Waals surface area contributed by atoms with Gasteiger partial charge in [-0.3, -0.25) is 9.78 Å². The van der Waals surface area contributed by atoms with Crippen LogP contribution in [-0.2, 0) is 6.42 Å². The van der Waals surface area contributed by atoms with Crippen LogP contribution in [0, 0.1) is 6.92 Å². The Bertz CT molecular complexity index is 1280. The molecule has 6 nitrogen and oxygen atoms in total. The van der Waals surface area contributed by atoms with E-state index in [-0.39, 0.29) is 5.56 Å². The summed E-state index contributed by atoms with van der Waals surface area (Å²) in [5, 5.41) is 2.73. The highest BCUT2D eigenvalue weighted by Gasteiger charge is 2.15. The molecule has 148 valence electrons. The van der Waals surface area contributed by atoms with E-state index >= 15 is 0 Å². The van der Waals surface area contributed by atoms with Gasteiger partial charge < -0.3 is 19.2 Å². The van der Waals surface area contributed by atoms with Gasteiger partial charge in [-0.15, -0.1) is 0 Å². The van der Waals surface area contributed by atoms with Gasteiger partial charge in [0.15, 0.2) is 11.5 Å². The van der Waals surface area contributed by atoms with Crippen LogP contribution < -0.4 is 19.8 Å². The zero-order valence-electron chi connectivity index (χ0n) is 16.8. The quantitative estimate of drug-likeness (QED) is 0.558. The number of benzene rings is 2. The third-order valence-electron chi connectivity index (χ3n) is 5.15. The Labute approximate surface area is 168 Å². The Kier molecular flexibility index (Phi) is 4.84. The van der Waals surface area contributed by atoms with E-state index in [2.05, 4.69) is 9.97 Å². The summed E-state index contributed by atoms with van der Waals surface area (Å²) in [5.74, 6) is 1.99. The molecule has 4 aromatic rings. The maximum absolute atomic E-state index is 12.8. The number of aromatic amines is 1. The lowest BCUT2D eigenvalue weighted by atomic mass is 9.98. The predicted octanol–water partition coefficient (Wildman–Crippen LogP) is 4.00. The summed E-state index contributed by atoms with van der Waals surface area (Å²) in [5.41, 5.74) is 3.15. The molecule has 0 aliphatic carbocycles. The maximum Gasteiger partial charge on any atom is 0.252 e. The highest BCUT2D eigenvalue weighted by Crippen LogP contribution is 2.34. The molecule has 0 aliphatic rings. The number of H-pyrrole nitrogens is 1. The second-order valence-corrected chi connectivity index (χ2v) is 6.89. The molecule has 0 fully saturated rings. The van der Waals surface area contributed by atoms with Crippen LogP contribution in [0.4, 0.5) is 0 Å². The molecule has 0 saturated heterocycles. The van der Waals surface area contributed by atoms with Crippen molar-refractivity contribution in [3.8, 4) is 17.2 Å². The molecule has 0 amide bonds. The van der Waals surface area contributed by atoms with Crippen LogP contribution in [0.15, 0.2) is 47.4 Å². The zero-order valence-corrected chi connectivity index (χ0v) is 16.8. The predicted molar refractivity (Wildman–Crippen MR) is 114 cm³/mol. The van der Waals surface area contributed by atoms with Gasteiger partial charge >= 0.3 is 0 Å². The van der Waals surface area contributed by atoms with Crippen LogP contribution in [0.5, 0.6) is 17.2 Å². The first kappa shape index (κ1) is 18.8. The molecule has 0 atom stereocenters. The average Bonchev–Trinajstić information content (AvgIpc) is 2.75. The van der Waals surface area contributed by atoms with Gasteiger partial charge in [-0.05, 0) is 54.3 Å². The molecule has 0 bridgehead atoms. The van der Waals surface area contributed by atoms with Crippen molar-refractivity contribution in [3.05, 3.63) is 69.8 Å². The molecule has 0 saturated carbocycles. The van der Waals surface area contributed by atoms with Crippen molar-refractivity contribution in [3.63, 3.8) is 0 Å². The fourth-order valence-electron chi connectivity index (χ4n) is 3.63. The molecule has 0 radical (unpaired) electrons. The number of fused-ring (bicyclic) bond motifs is 2. The Morgan fingerprint density at radius 2 is 1.66 bits per heavy atom. The number of hydrogen-bond donors (Lipinski definition) is 1. The first-order chi connectivity index (χ1) is 14.0. The number of rotatable bonds is 5. The van der Waals surface area contributed by atoms with Gasteiger partial charge in [-0.2, -0.15) is 0 Å². The lowest BCUT2D eigenvalue weighted by Gasteiger charge is -2.13. The lowest BCUT2D eigenvalue weighted by molar-refractivity contribution is 0.356. The zero-order chi connectivity index (χ0) is 20.5. The van der Waals surface area contributed by atoms with Crippen LogP contribution in [0.25, 0.3) is 21.7 Å². The number of hydrogen-bond acceptors (Lipinski definition) is 5. The van der Waals surface area contributed by atoms with Crippen molar-refractivity contribution < 1.29 is 14.2 Å². The Balaban J connectivity index is 1.87. The molecular weight excluding hydrogens is 368 g/mol. The summed E-state index contributed by atoms with van der Waals surface area (Å²) in [4.78, 5) is 20.3. The molecule has 2 heterocycles. The monoisotopic (exact) mass is 390 g/mol. The summed E-state index contributed by atoms with van der Waals surface area (Å²) in [6.45, 7) is 1.88. The smallest absolute Gasteiger partial charge is 0.252 e. The van der Waals surface area contributed by atoms with Crippen LogP contribution in [-0.4, -0.2) is 31.3 Å². The highest BCUT2D eigenvalue weighted by atomic mass is 16.5. The number of aromatic nitrogens is 2. The summed E-state index contributed by atoms with van der Waals surface area (Å²) >= 11 is 0. The topological polar surface area (TPSA) is 73.4 Å². The maximum atomic E-state index is 12.8. The first-order valence-corrected chi connectivity index (χ1v) is 9.24. The standard InChI is InChI=1S/C23H22N2O4/c1-13-17-10-21(28-3)22(29-4)11-18(17)19(23(26)25-13)8-14-7-15-9-16(27-2)5-6-20(15)24-12-14/h5-7,9-12H,8H2,1-4H3,(H,25,26). The van der Waals surface area contributed by atoms with Gasteiger partial charge in [0.1, 0.15) is 5.75 Å². The number of ether oxygens (including phenoxy) is 3. The van der Waals surface area contributed by atoms with Crippen molar-refractivity contribution >= 4 is 21.7 Å². The molecule has 2 aromatic carbocycles. The second-order valence-electron chi connectivity index (χ2n) is 6.89. The van der Waals surface area contributed by atoms with Crippen molar-refractivity contribution in [2.24, 2.45) is 0 Å². The lowest BCUT2D eigenvalue weighted by Crippen LogP contribution is -2.15. The minimum Gasteiger partial charge on any atom is -0.497 e. The molecule has 1 N–H and O–H groups in total. The first-order valence-electron chi connectivity index (χ1n) is 9.24. The van der Waals surface area contributed by atoms with Gasteiger partial charge in [0.2, 0.25) is 0 Å². The highest BCUT2D eigenvalue weighted by molar-refractivity contribution is 5.90. The van der Waals surface area contributed by atoms with Crippen LogP contribution in [0.3, 0.4) is 0 Å². The van der Waals surface area contributed by atoms with Crippen molar-refractivity contribution in [1.29, 1.82) is 0 Å². The van der Waals surface area contributed by atoms with Gasteiger partial charge in [-0.1, -0.05) is 0 Å². The molecule has 4 rings (SSSR count). The molecule has 0 aliphatic heterocycles. The van der Waals surface area contributed by atoms with E-state index in [1.165, 1.54) is 0 Å². The Hall–Kier alpha value is -3.54. The second kappa shape index (κ2) is 7.47. The fourth-order valence-corrected chi connectivity index (χ4v) is 3.63. The SMILES string of the molecule is COc1ccc2ncc(Cc3c(=O)[nH]c(C)c4cc(OC)c(OC)cc34)cc2c1. The molecular formula is C23H22N2O4. The van der Waals surface area contributed by atoms with E-state index in [1.807, 2.05) is 43.3 Å². The minimum atomic E-state index is -0.118. The molecule has 29 heavy (non-hydrogen) atoms. The van der Waals surface area contributed by atoms with E-state index in [0.717, 1.165) is 38.7 Å². The number of pyridine rings is 2. The molecule has 0 unspecified atom stereocenters. The fraction of sp³-hybridized carbons (Fsp3) is 0.217. The Morgan fingerprint density at radius 3 is 2.34 bits per heavy atom. The normalized spacial score (nSPS) is 11.0. The van der Waals surface area contributed by atoms with E-state index in [1.54, 1.807) is 27.5 Å². The summed E-state index contributed by atoms with van der Waals surface area (Å²) < 4.78 is 16.2. The number of aryl methyl sites for hydroxylation is 1. The van der Waals surface area contributed by atoms with E-state index < -0.39 is 0 Å². The van der Waals surface area contributed by atoms with Crippen molar-refractivity contribution in [1.82, 2.24) is 9.97 Å². The molecule has 2 aromatic heterocycles. The van der Waals surface area contributed by atoms with E-state index in [9.17, 15) is 4.79 Å². The van der Waals surface area contributed by atoms with E-state index in [4.69, 9.17) is 14.2 Å². The summed E-state index contributed by atoms with van der Waals surface area (Å²) in [6.07, 6.45) is 2.25. The third kappa shape index (κ3) is 3.38. The van der Waals surface area contributed by atoms with Gasteiger partial charge in [-0.25, -0.2) is 0 Å². The van der Waals surface area contributed by atoms with Crippen LogP contribution >= 0.6 is 0 Å². The number of nitrogens with zero attached hydrogens (tertiary/aromatic N) is 1. The van der Waals surface area contributed by atoms with Gasteiger partial charge in [0.25, 0.3) is 5.56 Å². The minimum absolute atomic E-state index is 0.118. The van der Waals surface area contributed by atoms with Crippen LogP contribution in [0.1, 0.15) is 16.8 Å². The third-order valence-corrected chi connectivity index (χ3v) is 5.15. The number of nitrogens with one attached hydrogen (secondary N) is 1. The molecule has 6 heteroatoms. The van der Waals surface area contributed by atoms with Crippen molar-refractivity contribution in [2.75, 3.05) is 21.3 Å². The number of methoxy groups -OCH3 is 3. The van der Waals surface area contributed by atoms with E-state index in [0.29, 0.717) is 23.5 Å². The Morgan fingerprint density at radius 1 is 0.931 bits per heavy atom. The summed E-state index contributed by atoms with van der Waals surface area (Å²) in [6, 6.07) is 11.5. The van der Waals surface area contributed by atoms with Gasteiger partial charge in [0, 0.05) is 34.6 Å². The van der Waals surface area contributed by atoms with Crippen molar-refractivity contribution in [2.45, 2.75) is 13.3 Å². The largest absolute Gasteiger partial charge is 0.497 e.